The van der Waals surface area contributed by atoms with Gasteiger partial charge in [0.05, 0.1) is 22.6 Å². The predicted molar refractivity (Wildman–Crippen MR) is 321 cm³/mol. The molecule has 1 aliphatic heterocycles. The Kier molecular flexibility index (Phi) is 12.0. The highest BCUT2D eigenvalue weighted by atomic mass is 16.5. The lowest BCUT2D eigenvalue weighted by molar-refractivity contribution is 0.483. The smallest absolute Gasteiger partial charge is 0.161 e. The van der Waals surface area contributed by atoms with Gasteiger partial charge in [0.2, 0.25) is 0 Å². The third-order valence-electron chi connectivity index (χ3n) is 15.5. The number of pyridine rings is 1. The largest absolute Gasteiger partial charge is 0.457 e. The molecule has 0 saturated carbocycles. The highest BCUT2D eigenvalue weighted by Gasteiger charge is 2.33. The summed E-state index contributed by atoms with van der Waals surface area (Å²) in [6.07, 6.45) is 1.92. The van der Waals surface area contributed by atoms with Crippen LogP contribution in [0.3, 0.4) is 0 Å². The number of furan rings is 1. The summed E-state index contributed by atoms with van der Waals surface area (Å²) in [6, 6.07) is 57.8. The van der Waals surface area contributed by atoms with Crippen molar-refractivity contribution in [1.82, 2.24) is 9.55 Å². The molecule has 3 aromatic heterocycles. The van der Waals surface area contributed by atoms with E-state index in [9.17, 15) is 0 Å². The number of anilines is 4. The van der Waals surface area contributed by atoms with E-state index in [0.29, 0.717) is 6.67 Å². The molecule has 0 spiro atoms. The van der Waals surface area contributed by atoms with Crippen molar-refractivity contribution in [1.29, 1.82) is 0 Å². The van der Waals surface area contributed by atoms with Gasteiger partial charge in [-0.3, -0.25) is 4.57 Å². The first-order valence-corrected chi connectivity index (χ1v) is 27.1. The van der Waals surface area contributed by atoms with Gasteiger partial charge < -0.3 is 19.0 Å². The molecule has 0 bridgehead atoms. The van der Waals surface area contributed by atoms with Crippen LogP contribution in [0.1, 0.15) is 132 Å². The van der Waals surface area contributed by atoms with Gasteiger partial charge in [0.15, 0.2) is 5.58 Å². The number of fused-ring (bicyclic) bond motifs is 6. The molecular formula is C70H74N4O2. The van der Waals surface area contributed by atoms with Crippen molar-refractivity contribution in [3.8, 4) is 39.6 Å². The van der Waals surface area contributed by atoms with Gasteiger partial charge in [-0.15, -0.1) is 0 Å². The summed E-state index contributed by atoms with van der Waals surface area (Å²) in [7, 11) is 0. The lowest BCUT2D eigenvalue weighted by Crippen LogP contribution is -2.25. The molecule has 1 aliphatic rings. The quantitative estimate of drug-likeness (QED) is 0.159. The van der Waals surface area contributed by atoms with Crippen molar-refractivity contribution in [3.05, 3.63) is 192 Å². The third kappa shape index (κ3) is 9.24. The molecule has 0 atom stereocenters. The maximum atomic E-state index is 6.92. The van der Waals surface area contributed by atoms with E-state index in [4.69, 9.17) is 14.1 Å². The Hall–Kier alpha value is -7.57. The molecule has 386 valence electrons. The summed E-state index contributed by atoms with van der Waals surface area (Å²) < 4.78 is 15.8. The van der Waals surface area contributed by atoms with E-state index in [1.54, 1.807) is 0 Å². The first-order chi connectivity index (χ1) is 35.8. The number of ether oxygens (including phenoxy) is 1. The average Bonchev–Trinajstić information content (AvgIpc) is 4.08. The average molecular weight is 1000 g/mol. The van der Waals surface area contributed by atoms with E-state index in [2.05, 4.69) is 264 Å². The van der Waals surface area contributed by atoms with Crippen LogP contribution in [-0.4, -0.2) is 16.2 Å². The second kappa shape index (κ2) is 18.0. The molecule has 7 aromatic carbocycles. The number of benzene rings is 7. The van der Waals surface area contributed by atoms with Gasteiger partial charge in [-0.1, -0.05) is 189 Å². The molecule has 76 heavy (non-hydrogen) atoms. The molecule has 0 amide bonds. The summed E-state index contributed by atoms with van der Waals surface area (Å²) in [5, 5.41) is 2.05. The SMILES string of the molecule is CC(C)(C)c1cc(-c2cccc(-c3cc(C(C)(C)C)cc(C(C)(C)C)c3)c2N2CN(c3cccc(Oc4ccc5c6oc7ccccc7c6n(-c6cc(C(C)(C)C)ccn6)c5c4)c3)c3ccccc32)cc(C(C)(C)C)c1. The van der Waals surface area contributed by atoms with Gasteiger partial charge >= 0.3 is 0 Å². The van der Waals surface area contributed by atoms with E-state index in [1.165, 1.54) is 55.8 Å². The zero-order valence-corrected chi connectivity index (χ0v) is 47.4. The summed E-state index contributed by atoms with van der Waals surface area (Å²) in [5.74, 6) is 2.31. The lowest BCUT2D eigenvalue weighted by atomic mass is 9.77. The van der Waals surface area contributed by atoms with E-state index in [0.717, 1.165) is 67.4 Å². The molecule has 10 aromatic rings. The van der Waals surface area contributed by atoms with Crippen molar-refractivity contribution >= 4 is 55.7 Å². The number of hydrogen-bond acceptors (Lipinski definition) is 5. The van der Waals surface area contributed by atoms with Crippen LogP contribution >= 0.6 is 0 Å². The Morgan fingerprint density at radius 1 is 0.447 bits per heavy atom. The van der Waals surface area contributed by atoms with Gasteiger partial charge in [-0.25, -0.2) is 4.98 Å². The normalized spacial score (nSPS) is 13.6. The zero-order chi connectivity index (χ0) is 53.9. The van der Waals surface area contributed by atoms with Crippen LogP contribution in [0, 0.1) is 0 Å². The molecule has 4 heterocycles. The molecule has 0 unspecified atom stereocenters. The van der Waals surface area contributed by atoms with Crippen molar-refractivity contribution < 1.29 is 9.15 Å². The van der Waals surface area contributed by atoms with Crippen molar-refractivity contribution in [2.45, 2.75) is 131 Å². The molecule has 0 aliphatic carbocycles. The van der Waals surface area contributed by atoms with Crippen LogP contribution in [0.15, 0.2) is 168 Å². The molecule has 0 fully saturated rings. The molecule has 6 heteroatoms. The number of hydrogen-bond donors (Lipinski definition) is 0. The number of aromatic nitrogens is 2. The van der Waals surface area contributed by atoms with E-state index < -0.39 is 0 Å². The minimum atomic E-state index is -0.0571. The zero-order valence-electron chi connectivity index (χ0n) is 47.4. The molecule has 6 nitrogen and oxygen atoms in total. The predicted octanol–water partition coefficient (Wildman–Crippen LogP) is 19.8. The molecule has 0 saturated heterocycles. The van der Waals surface area contributed by atoms with Gasteiger partial charge in [0.1, 0.15) is 35.1 Å². The Balaban J connectivity index is 1.04. The minimum absolute atomic E-state index is 0.0490. The summed E-state index contributed by atoms with van der Waals surface area (Å²) in [6.45, 7) is 35.2. The second-order valence-electron chi connectivity index (χ2n) is 26.3. The van der Waals surface area contributed by atoms with Crippen LogP contribution in [0.25, 0.3) is 61.0 Å². The highest BCUT2D eigenvalue weighted by molar-refractivity contribution is 6.16. The van der Waals surface area contributed by atoms with Gasteiger partial charge in [-0.05, 0) is 127 Å². The van der Waals surface area contributed by atoms with E-state index >= 15 is 0 Å². The Bertz CT molecular complexity index is 3710. The summed E-state index contributed by atoms with van der Waals surface area (Å²) in [5.41, 5.74) is 19.3. The Morgan fingerprint density at radius 2 is 0.974 bits per heavy atom. The number of nitrogens with zero attached hydrogens (tertiary/aromatic N) is 4. The molecular weight excluding hydrogens is 929 g/mol. The Morgan fingerprint density at radius 3 is 1.55 bits per heavy atom. The van der Waals surface area contributed by atoms with E-state index in [1.807, 2.05) is 18.3 Å². The standard InChI is InChI=1S/C70H74N4O2/c1-66(2,3)46-32-33-71-62(40-46)74-60-42-53(30-31-56(60)65-64(74)57-24-16-19-29-61(57)76-65)75-52-23-20-22-51(41-52)72-43-73(59-28-18-17-27-58(59)72)63-54(44-34-47(67(4,5)6)38-48(35-44)68(7,8)9)25-21-26-55(63)45-36-49(69(10,11)12)39-50(37-45)70(13,14)15/h16-42H,43H2,1-15H3. The first-order valence-electron chi connectivity index (χ1n) is 27.1. The summed E-state index contributed by atoms with van der Waals surface area (Å²) in [4.78, 5) is 9.95. The fraction of sp³-hybridized carbons (Fsp3) is 0.300. The molecule has 0 N–H and O–H groups in total. The van der Waals surface area contributed by atoms with Crippen molar-refractivity contribution in [3.63, 3.8) is 0 Å². The van der Waals surface area contributed by atoms with Gasteiger partial charge in [0.25, 0.3) is 0 Å². The van der Waals surface area contributed by atoms with Crippen LogP contribution in [0.5, 0.6) is 11.5 Å². The van der Waals surface area contributed by atoms with Gasteiger partial charge in [0, 0.05) is 45.9 Å². The highest BCUT2D eigenvalue weighted by Crippen LogP contribution is 2.52. The second-order valence-corrected chi connectivity index (χ2v) is 26.3. The van der Waals surface area contributed by atoms with Crippen LogP contribution in [0.4, 0.5) is 22.7 Å². The lowest BCUT2D eigenvalue weighted by Gasteiger charge is -2.31. The maximum Gasteiger partial charge on any atom is 0.161 e. The van der Waals surface area contributed by atoms with Crippen LogP contribution in [0.2, 0.25) is 0 Å². The first kappa shape index (κ1) is 50.6. The van der Waals surface area contributed by atoms with Gasteiger partial charge in [-0.2, -0.15) is 0 Å². The third-order valence-corrected chi connectivity index (χ3v) is 15.5. The van der Waals surface area contributed by atoms with Crippen LogP contribution < -0.4 is 14.5 Å². The Labute approximate surface area is 451 Å². The monoisotopic (exact) mass is 1000 g/mol. The van der Waals surface area contributed by atoms with E-state index in [-0.39, 0.29) is 27.1 Å². The fourth-order valence-corrected chi connectivity index (χ4v) is 10.8. The molecule has 11 rings (SSSR count). The number of para-hydroxylation sites is 4. The van der Waals surface area contributed by atoms with Crippen molar-refractivity contribution in [2.75, 3.05) is 16.5 Å². The fourth-order valence-electron chi connectivity index (χ4n) is 10.8. The molecule has 0 radical (unpaired) electrons. The van der Waals surface area contributed by atoms with Crippen LogP contribution in [-0.2, 0) is 27.1 Å². The number of rotatable bonds is 7. The minimum Gasteiger partial charge on any atom is -0.457 e. The summed E-state index contributed by atoms with van der Waals surface area (Å²) >= 11 is 0. The topological polar surface area (TPSA) is 46.7 Å². The maximum absolute atomic E-state index is 6.92. The van der Waals surface area contributed by atoms with Crippen molar-refractivity contribution in [2.24, 2.45) is 0 Å².